The molecule has 0 atom stereocenters. The highest BCUT2D eigenvalue weighted by molar-refractivity contribution is 7.87. The molecule has 0 aliphatic heterocycles. The van der Waals surface area contributed by atoms with E-state index in [0.29, 0.717) is 0 Å². The molecule has 2 rings (SSSR count). The number of nitrogens with zero attached hydrogens (tertiary/aromatic N) is 1. The summed E-state index contributed by atoms with van der Waals surface area (Å²) in [7, 11) is -6.03. The minimum Gasteiger partial charge on any atom is -0.336 e. The van der Waals surface area contributed by atoms with Gasteiger partial charge in [0.1, 0.15) is 0 Å². The maximum absolute atomic E-state index is 13.0. The van der Waals surface area contributed by atoms with Crippen LogP contribution in [0.1, 0.15) is 5.82 Å². The summed E-state index contributed by atoms with van der Waals surface area (Å²) in [4.78, 5) is 5.39. The van der Waals surface area contributed by atoms with Crippen molar-refractivity contribution in [1.29, 1.82) is 0 Å². The first-order valence-corrected chi connectivity index (χ1v) is 5.48. The molecule has 1 aromatic carbocycles. The number of para-hydroxylation sites is 2. The highest BCUT2D eigenvalue weighted by atomic mass is 32.3. The molecule has 0 saturated carbocycles. The highest BCUT2D eigenvalue weighted by Crippen LogP contribution is 2.34. The SMILES string of the molecule is O=S(=O)(F)C(F)(F)c1nc2ccccc2[nH]1. The molecule has 8 heteroatoms. The standard InChI is InChI=1S/C8H5F3N2O2S/c9-8(10,16(11,14)15)7-12-5-3-1-2-4-6(5)13-7/h1-4H,(H,12,13). The second kappa shape index (κ2) is 3.21. The zero-order valence-electron chi connectivity index (χ0n) is 7.62. The third-order valence-corrected chi connectivity index (χ3v) is 2.78. The summed E-state index contributed by atoms with van der Waals surface area (Å²) in [5.74, 6) is -1.23. The van der Waals surface area contributed by atoms with Gasteiger partial charge in [0.05, 0.1) is 11.0 Å². The molecule has 2 aromatic rings. The van der Waals surface area contributed by atoms with Crippen molar-refractivity contribution in [3.63, 3.8) is 0 Å². The van der Waals surface area contributed by atoms with Crippen LogP contribution in [0.5, 0.6) is 0 Å². The highest BCUT2D eigenvalue weighted by Gasteiger charge is 2.50. The fourth-order valence-electron chi connectivity index (χ4n) is 1.21. The van der Waals surface area contributed by atoms with Gasteiger partial charge in [-0.05, 0) is 12.1 Å². The summed E-state index contributed by atoms with van der Waals surface area (Å²) >= 11 is 0. The number of rotatable bonds is 2. The minimum absolute atomic E-state index is 0.140. The first-order valence-electron chi connectivity index (χ1n) is 4.09. The molecule has 1 N–H and O–H groups in total. The molecule has 86 valence electrons. The number of nitrogens with one attached hydrogen (secondary N) is 1. The number of H-pyrrole nitrogens is 1. The van der Waals surface area contributed by atoms with E-state index in [2.05, 4.69) is 9.97 Å². The predicted octanol–water partition coefficient (Wildman–Crippen LogP) is 1.91. The van der Waals surface area contributed by atoms with Crippen LogP contribution in [0, 0.1) is 0 Å². The Bertz CT molecular complexity index is 603. The molecule has 0 unspecified atom stereocenters. The first kappa shape index (κ1) is 10.9. The Hall–Kier alpha value is -1.57. The number of aromatic amines is 1. The van der Waals surface area contributed by atoms with E-state index in [4.69, 9.17) is 0 Å². The number of hydrogen-bond donors (Lipinski definition) is 1. The van der Waals surface area contributed by atoms with E-state index in [9.17, 15) is 21.1 Å². The third kappa shape index (κ3) is 1.54. The van der Waals surface area contributed by atoms with Crippen LogP contribution in [0.2, 0.25) is 0 Å². The van der Waals surface area contributed by atoms with E-state index in [-0.39, 0.29) is 11.0 Å². The monoisotopic (exact) mass is 250 g/mol. The zero-order valence-corrected chi connectivity index (χ0v) is 8.43. The molecule has 0 amide bonds. The van der Waals surface area contributed by atoms with Gasteiger partial charge in [0, 0.05) is 0 Å². The topological polar surface area (TPSA) is 62.8 Å². The first-order chi connectivity index (χ1) is 7.32. The molecule has 0 aliphatic rings. The van der Waals surface area contributed by atoms with Crippen molar-refractivity contribution >= 4 is 21.3 Å². The molecular formula is C8H5F3N2O2S. The fraction of sp³-hybridized carbons (Fsp3) is 0.125. The van der Waals surface area contributed by atoms with Crippen LogP contribution < -0.4 is 0 Å². The normalized spacial score (nSPS) is 13.2. The van der Waals surface area contributed by atoms with Gasteiger partial charge in [-0.1, -0.05) is 16.0 Å². The van der Waals surface area contributed by atoms with Gasteiger partial charge in [-0.15, -0.1) is 0 Å². The predicted molar refractivity (Wildman–Crippen MR) is 50.0 cm³/mol. The van der Waals surface area contributed by atoms with Crippen molar-refractivity contribution in [3.8, 4) is 0 Å². The number of hydrogen-bond acceptors (Lipinski definition) is 3. The Kier molecular flexibility index (Phi) is 2.19. The summed E-state index contributed by atoms with van der Waals surface area (Å²) in [5.41, 5.74) is 0.349. The van der Waals surface area contributed by atoms with E-state index in [1.54, 1.807) is 6.07 Å². The summed E-state index contributed by atoms with van der Waals surface area (Å²) in [6.07, 6.45) is 0. The number of alkyl halides is 2. The van der Waals surface area contributed by atoms with Gasteiger partial charge >= 0.3 is 15.5 Å². The summed E-state index contributed by atoms with van der Waals surface area (Å²) < 4.78 is 58.9. The van der Waals surface area contributed by atoms with Crippen molar-refractivity contribution in [2.45, 2.75) is 5.25 Å². The Morgan fingerprint density at radius 2 is 1.88 bits per heavy atom. The molecule has 0 aliphatic carbocycles. The van der Waals surface area contributed by atoms with Crippen molar-refractivity contribution in [2.24, 2.45) is 0 Å². The number of halogens is 3. The van der Waals surface area contributed by atoms with Crippen LogP contribution in [0.4, 0.5) is 12.7 Å². The van der Waals surface area contributed by atoms with Crippen molar-refractivity contribution in [1.82, 2.24) is 9.97 Å². The van der Waals surface area contributed by atoms with E-state index in [1.807, 2.05) is 0 Å². The fourth-order valence-corrected chi connectivity index (χ4v) is 1.53. The minimum atomic E-state index is -6.03. The quantitative estimate of drug-likeness (QED) is 0.828. The lowest BCUT2D eigenvalue weighted by Crippen LogP contribution is -2.23. The van der Waals surface area contributed by atoms with Crippen molar-refractivity contribution in [3.05, 3.63) is 30.1 Å². The molecule has 0 fully saturated rings. The zero-order chi connectivity index (χ0) is 12.0. The Morgan fingerprint density at radius 3 is 2.44 bits per heavy atom. The molecular weight excluding hydrogens is 245 g/mol. The maximum atomic E-state index is 13.0. The van der Waals surface area contributed by atoms with Crippen LogP contribution in [-0.2, 0) is 15.5 Å². The Morgan fingerprint density at radius 1 is 1.25 bits per heavy atom. The molecule has 0 bridgehead atoms. The van der Waals surface area contributed by atoms with Gasteiger partial charge < -0.3 is 4.98 Å². The van der Waals surface area contributed by atoms with Crippen LogP contribution in [0.25, 0.3) is 11.0 Å². The molecule has 16 heavy (non-hydrogen) atoms. The lowest BCUT2D eigenvalue weighted by molar-refractivity contribution is 0.0755. The lowest BCUT2D eigenvalue weighted by atomic mass is 10.3. The molecule has 0 spiro atoms. The van der Waals surface area contributed by atoms with Gasteiger partial charge in [0.2, 0.25) is 0 Å². The smallest absolute Gasteiger partial charge is 0.336 e. The molecule has 1 aromatic heterocycles. The Labute approximate surface area is 88.3 Å². The lowest BCUT2D eigenvalue weighted by Gasteiger charge is -2.06. The number of benzene rings is 1. The molecule has 4 nitrogen and oxygen atoms in total. The van der Waals surface area contributed by atoms with E-state index in [0.717, 1.165) is 0 Å². The number of fused-ring (bicyclic) bond motifs is 1. The second-order valence-corrected chi connectivity index (χ2v) is 4.45. The van der Waals surface area contributed by atoms with Gasteiger partial charge in [-0.2, -0.15) is 17.2 Å². The number of imidazole rings is 1. The van der Waals surface area contributed by atoms with Gasteiger partial charge in [-0.3, -0.25) is 0 Å². The molecule has 0 saturated heterocycles. The van der Waals surface area contributed by atoms with Gasteiger partial charge in [-0.25, -0.2) is 4.98 Å². The Balaban J connectivity index is 2.65. The summed E-state index contributed by atoms with van der Waals surface area (Å²) in [6, 6.07) is 5.91. The van der Waals surface area contributed by atoms with E-state index >= 15 is 0 Å². The second-order valence-electron chi connectivity index (χ2n) is 3.06. The van der Waals surface area contributed by atoms with Gasteiger partial charge in [0.25, 0.3) is 0 Å². The largest absolute Gasteiger partial charge is 0.430 e. The maximum Gasteiger partial charge on any atom is 0.430 e. The average Bonchev–Trinajstić information content (AvgIpc) is 2.59. The van der Waals surface area contributed by atoms with E-state index in [1.165, 1.54) is 18.2 Å². The van der Waals surface area contributed by atoms with Crippen molar-refractivity contribution in [2.75, 3.05) is 0 Å². The van der Waals surface area contributed by atoms with Crippen LogP contribution in [-0.4, -0.2) is 18.4 Å². The summed E-state index contributed by atoms with van der Waals surface area (Å²) in [6.45, 7) is 0. The van der Waals surface area contributed by atoms with Crippen LogP contribution in [0.3, 0.4) is 0 Å². The third-order valence-electron chi connectivity index (χ3n) is 1.97. The van der Waals surface area contributed by atoms with Crippen molar-refractivity contribution < 1.29 is 21.1 Å². The molecule has 0 radical (unpaired) electrons. The van der Waals surface area contributed by atoms with Gasteiger partial charge in [0.15, 0.2) is 5.82 Å². The van der Waals surface area contributed by atoms with Crippen LogP contribution >= 0.6 is 0 Å². The average molecular weight is 250 g/mol. The summed E-state index contributed by atoms with van der Waals surface area (Å²) in [5, 5.41) is -4.66. The molecule has 1 heterocycles. The van der Waals surface area contributed by atoms with E-state index < -0.39 is 21.3 Å². The van der Waals surface area contributed by atoms with Crippen LogP contribution in [0.15, 0.2) is 24.3 Å². The number of aromatic nitrogens is 2.